The average molecular weight is 494 g/mol. The number of hydrogen-bond donors (Lipinski definition) is 3. The maximum atomic E-state index is 12.9. The first-order chi connectivity index (χ1) is 16.5. The van der Waals surface area contributed by atoms with Crippen LogP contribution in [0.2, 0.25) is 0 Å². The van der Waals surface area contributed by atoms with Crippen molar-refractivity contribution in [2.75, 3.05) is 17.1 Å². The van der Waals surface area contributed by atoms with Crippen LogP contribution in [-0.4, -0.2) is 49.8 Å². The molecule has 0 saturated carbocycles. The molecular weight excluding hydrogens is 466 g/mol. The minimum absolute atomic E-state index is 0.0409. The number of nitrogens with zero attached hydrogens (tertiary/aromatic N) is 2. The molecule has 3 aromatic carbocycles. The van der Waals surface area contributed by atoms with Crippen molar-refractivity contribution in [3.05, 3.63) is 77.4 Å². The molecule has 0 spiro atoms. The predicted octanol–water partition coefficient (Wildman–Crippen LogP) is 2.18. The second-order valence-electron chi connectivity index (χ2n) is 8.69. The van der Waals surface area contributed by atoms with Gasteiger partial charge in [-0.15, -0.1) is 0 Å². The van der Waals surface area contributed by atoms with Crippen molar-refractivity contribution in [2.45, 2.75) is 25.4 Å². The lowest BCUT2D eigenvalue weighted by atomic mass is 10.0. The Bertz CT molecular complexity index is 1420. The number of primary amides is 1. The topological polar surface area (TPSA) is 151 Å². The highest BCUT2D eigenvalue weighted by molar-refractivity contribution is 7.92. The molecule has 0 bridgehead atoms. The summed E-state index contributed by atoms with van der Waals surface area (Å²) in [4.78, 5) is 26.0. The number of amidine groups is 1. The van der Waals surface area contributed by atoms with E-state index in [9.17, 15) is 18.0 Å². The van der Waals surface area contributed by atoms with Crippen LogP contribution in [0.5, 0.6) is 0 Å². The maximum absolute atomic E-state index is 12.9. The summed E-state index contributed by atoms with van der Waals surface area (Å²) >= 11 is 0. The Morgan fingerprint density at radius 1 is 1.00 bits per heavy atom. The summed E-state index contributed by atoms with van der Waals surface area (Å²) in [6.45, 7) is 0.541. The smallest absolute Gasteiger partial charge is 0.254 e. The average Bonchev–Trinajstić information content (AvgIpc) is 3.31. The van der Waals surface area contributed by atoms with Crippen molar-refractivity contribution in [2.24, 2.45) is 11.5 Å². The zero-order valence-electron chi connectivity index (χ0n) is 19.3. The van der Waals surface area contributed by atoms with E-state index in [1.54, 1.807) is 36.4 Å². The SMILES string of the molecule is CS(=O)(=O)N(Cc1ccc2ccc(C(=N)N)cc2c1)c1ccc(C(=O)N2CCC[C@@H]2C(N)=O)cc1. The van der Waals surface area contributed by atoms with E-state index in [0.717, 1.165) is 22.6 Å². The number of sulfonamides is 1. The predicted molar refractivity (Wildman–Crippen MR) is 136 cm³/mol. The highest BCUT2D eigenvalue weighted by Gasteiger charge is 2.33. The number of nitrogens with one attached hydrogen (secondary N) is 1. The molecule has 2 amide bonds. The number of anilines is 1. The first-order valence-electron chi connectivity index (χ1n) is 11.1. The number of carbonyl (C=O) groups is 2. The summed E-state index contributed by atoms with van der Waals surface area (Å²) in [6, 6.07) is 16.7. The third-order valence-corrected chi connectivity index (χ3v) is 7.33. The molecule has 3 aromatic rings. The van der Waals surface area contributed by atoms with Crippen molar-refractivity contribution in [3.8, 4) is 0 Å². The van der Waals surface area contributed by atoms with Gasteiger partial charge in [0, 0.05) is 17.7 Å². The molecule has 0 aromatic heterocycles. The molecule has 1 heterocycles. The fourth-order valence-corrected chi connectivity index (χ4v) is 5.26. The van der Waals surface area contributed by atoms with Gasteiger partial charge in [0.15, 0.2) is 0 Å². The molecule has 35 heavy (non-hydrogen) atoms. The molecule has 4 rings (SSSR count). The highest BCUT2D eigenvalue weighted by atomic mass is 32.2. The van der Waals surface area contributed by atoms with E-state index < -0.39 is 22.0 Å². The first kappa shape index (κ1) is 24.2. The number of hydrogen-bond acceptors (Lipinski definition) is 5. The molecule has 1 fully saturated rings. The van der Waals surface area contributed by atoms with Crippen molar-refractivity contribution in [1.29, 1.82) is 5.41 Å². The number of likely N-dealkylation sites (tertiary alicyclic amines) is 1. The van der Waals surface area contributed by atoms with Crippen LogP contribution in [0.4, 0.5) is 5.69 Å². The van der Waals surface area contributed by atoms with Gasteiger partial charge in [-0.05, 0) is 65.6 Å². The molecule has 0 aliphatic carbocycles. The summed E-state index contributed by atoms with van der Waals surface area (Å²) in [7, 11) is -3.64. The molecule has 0 unspecified atom stereocenters. The lowest BCUT2D eigenvalue weighted by molar-refractivity contribution is -0.121. The van der Waals surface area contributed by atoms with Gasteiger partial charge in [-0.25, -0.2) is 8.42 Å². The van der Waals surface area contributed by atoms with Crippen LogP contribution >= 0.6 is 0 Å². The minimum atomic E-state index is -3.64. The van der Waals surface area contributed by atoms with Gasteiger partial charge >= 0.3 is 0 Å². The Balaban J connectivity index is 1.60. The number of nitrogen functional groups attached to an aromatic ring is 1. The standard InChI is InChI=1S/C25H27N5O4S/c1-35(33,34)30(15-16-4-5-17-6-7-19(23(26)27)14-20(17)13-16)21-10-8-18(9-11-21)25(32)29-12-2-3-22(29)24(28)31/h4-11,13-14,22H,2-3,12,15H2,1H3,(H3,26,27)(H2,28,31)/t22-/m1/s1. The molecule has 1 aliphatic heterocycles. The third kappa shape index (κ3) is 5.12. The van der Waals surface area contributed by atoms with Crippen molar-refractivity contribution in [3.63, 3.8) is 0 Å². The quantitative estimate of drug-likeness (QED) is 0.340. The van der Waals surface area contributed by atoms with Gasteiger partial charge in [0.1, 0.15) is 11.9 Å². The van der Waals surface area contributed by atoms with Crippen LogP contribution in [0.25, 0.3) is 10.8 Å². The van der Waals surface area contributed by atoms with Crippen molar-refractivity contribution >= 4 is 44.1 Å². The monoisotopic (exact) mass is 493 g/mol. The second kappa shape index (κ2) is 9.38. The molecule has 5 N–H and O–H groups in total. The van der Waals surface area contributed by atoms with Crippen LogP contribution in [0, 0.1) is 5.41 Å². The van der Waals surface area contributed by atoms with Gasteiger partial charge in [0.05, 0.1) is 18.5 Å². The zero-order chi connectivity index (χ0) is 25.3. The van der Waals surface area contributed by atoms with E-state index >= 15 is 0 Å². The number of carbonyl (C=O) groups excluding carboxylic acids is 2. The van der Waals surface area contributed by atoms with E-state index in [-0.39, 0.29) is 18.3 Å². The summed E-state index contributed by atoms with van der Waals surface area (Å²) in [5.74, 6) is -0.873. The van der Waals surface area contributed by atoms with E-state index in [4.69, 9.17) is 16.9 Å². The van der Waals surface area contributed by atoms with E-state index in [2.05, 4.69) is 0 Å². The molecule has 0 radical (unpaired) electrons. The first-order valence-corrected chi connectivity index (χ1v) is 12.9. The Morgan fingerprint density at radius 3 is 2.29 bits per heavy atom. The summed E-state index contributed by atoms with van der Waals surface area (Å²) in [5.41, 5.74) is 13.1. The summed E-state index contributed by atoms with van der Waals surface area (Å²) in [6.07, 6.45) is 2.38. The van der Waals surface area contributed by atoms with Gasteiger partial charge in [-0.1, -0.05) is 24.3 Å². The van der Waals surface area contributed by atoms with Crippen LogP contribution in [0.15, 0.2) is 60.7 Å². The zero-order valence-corrected chi connectivity index (χ0v) is 20.1. The fraction of sp³-hybridized carbons (Fsp3) is 0.240. The Kier molecular flexibility index (Phi) is 6.49. The van der Waals surface area contributed by atoms with Crippen LogP contribution < -0.4 is 15.8 Å². The van der Waals surface area contributed by atoms with Gasteiger partial charge in [-0.2, -0.15) is 0 Å². The Hall–Kier alpha value is -3.92. The third-order valence-electron chi connectivity index (χ3n) is 6.19. The van der Waals surface area contributed by atoms with Gasteiger partial charge < -0.3 is 16.4 Å². The van der Waals surface area contributed by atoms with Crippen LogP contribution in [0.3, 0.4) is 0 Å². The normalized spacial score (nSPS) is 15.8. The highest BCUT2D eigenvalue weighted by Crippen LogP contribution is 2.26. The molecule has 1 saturated heterocycles. The maximum Gasteiger partial charge on any atom is 0.254 e. The number of benzene rings is 3. The Morgan fingerprint density at radius 2 is 1.66 bits per heavy atom. The number of nitrogens with two attached hydrogens (primary N) is 2. The lowest BCUT2D eigenvalue weighted by Gasteiger charge is -2.24. The van der Waals surface area contributed by atoms with E-state index in [1.807, 2.05) is 24.3 Å². The van der Waals surface area contributed by atoms with E-state index in [0.29, 0.717) is 36.2 Å². The molecule has 1 atom stereocenters. The lowest BCUT2D eigenvalue weighted by Crippen LogP contribution is -2.43. The van der Waals surface area contributed by atoms with Crippen molar-refractivity contribution < 1.29 is 18.0 Å². The summed E-state index contributed by atoms with van der Waals surface area (Å²) < 4.78 is 26.6. The minimum Gasteiger partial charge on any atom is -0.384 e. The fourth-order valence-electron chi connectivity index (χ4n) is 4.37. The molecule has 182 valence electrons. The van der Waals surface area contributed by atoms with Gasteiger partial charge in [0.25, 0.3) is 5.91 Å². The van der Waals surface area contributed by atoms with Crippen molar-refractivity contribution in [1.82, 2.24) is 4.90 Å². The molecule has 9 nitrogen and oxygen atoms in total. The Labute approximate surface area is 203 Å². The molecule has 10 heteroatoms. The summed E-state index contributed by atoms with van der Waals surface area (Å²) in [5, 5.41) is 9.44. The van der Waals surface area contributed by atoms with Crippen LogP contribution in [0.1, 0.15) is 34.3 Å². The number of amides is 2. The second-order valence-corrected chi connectivity index (χ2v) is 10.6. The van der Waals surface area contributed by atoms with Gasteiger partial charge in [-0.3, -0.25) is 19.3 Å². The van der Waals surface area contributed by atoms with E-state index in [1.165, 1.54) is 9.21 Å². The molecular formula is C25H27N5O4S. The largest absolute Gasteiger partial charge is 0.384 e. The number of rotatable bonds is 7. The van der Waals surface area contributed by atoms with Gasteiger partial charge in [0.2, 0.25) is 15.9 Å². The molecule has 1 aliphatic rings. The van der Waals surface area contributed by atoms with Crippen LogP contribution in [-0.2, 0) is 21.4 Å². The number of fused-ring (bicyclic) bond motifs is 1.